The minimum atomic E-state index is -0.317. The second kappa shape index (κ2) is 9.67. The van der Waals surface area contributed by atoms with E-state index < -0.39 is 0 Å². The SMILES string of the molecule is CCOc1ccc(Oc2ccccc2NC(=O)COc2ccccc2Cl)cc1. The van der Waals surface area contributed by atoms with Gasteiger partial charge in [0.1, 0.15) is 17.2 Å². The quantitative estimate of drug-likeness (QED) is 0.541. The number of nitrogens with one attached hydrogen (secondary N) is 1. The lowest BCUT2D eigenvalue weighted by atomic mass is 10.2. The monoisotopic (exact) mass is 397 g/mol. The van der Waals surface area contributed by atoms with Gasteiger partial charge in [0.2, 0.25) is 0 Å². The molecule has 0 aromatic heterocycles. The van der Waals surface area contributed by atoms with Crippen LogP contribution in [-0.2, 0) is 4.79 Å². The number of halogens is 1. The largest absolute Gasteiger partial charge is 0.494 e. The maximum Gasteiger partial charge on any atom is 0.262 e. The molecule has 5 nitrogen and oxygen atoms in total. The Labute approximate surface area is 168 Å². The highest BCUT2D eigenvalue weighted by atomic mass is 35.5. The second-order valence-electron chi connectivity index (χ2n) is 5.77. The summed E-state index contributed by atoms with van der Waals surface area (Å²) in [7, 11) is 0. The molecule has 144 valence electrons. The van der Waals surface area contributed by atoms with E-state index >= 15 is 0 Å². The molecule has 0 heterocycles. The summed E-state index contributed by atoms with van der Waals surface area (Å²) < 4.78 is 16.8. The molecule has 3 rings (SSSR count). The molecule has 0 aliphatic rings. The lowest BCUT2D eigenvalue weighted by Gasteiger charge is -2.13. The smallest absolute Gasteiger partial charge is 0.262 e. The van der Waals surface area contributed by atoms with E-state index in [9.17, 15) is 4.79 Å². The number of anilines is 1. The molecule has 3 aromatic carbocycles. The van der Waals surface area contributed by atoms with Gasteiger partial charge in [0.05, 0.1) is 17.3 Å². The molecule has 0 aliphatic heterocycles. The van der Waals surface area contributed by atoms with Crippen LogP contribution in [0, 0.1) is 0 Å². The average molecular weight is 398 g/mol. The van der Waals surface area contributed by atoms with Gasteiger partial charge in [-0.25, -0.2) is 0 Å². The molecule has 1 amide bonds. The first-order chi connectivity index (χ1) is 13.7. The fourth-order valence-electron chi connectivity index (χ4n) is 2.45. The molecule has 6 heteroatoms. The van der Waals surface area contributed by atoms with Crippen molar-refractivity contribution >= 4 is 23.2 Å². The predicted molar refractivity (Wildman–Crippen MR) is 110 cm³/mol. The van der Waals surface area contributed by atoms with E-state index in [4.69, 9.17) is 25.8 Å². The Morgan fingerprint density at radius 2 is 1.50 bits per heavy atom. The van der Waals surface area contributed by atoms with Crippen LogP contribution in [0.2, 0.25) is 5.02 Å². The molecule has 0 atom stereocenters. The van der Waals surface area contributed by atoms with E-state index in [1.165, 1.54) is 0 Å². The first-order valence-corrected chi connectivity index (χ1v) is 9.20. The summed E-state index contributed by atoms with van der Waals surface area (Å²) in [5, 5.41) is 3.25. The first kappa shape index (κ1) is 19.6. The van der Waals surface area contributed by atoms with Gasteiger partial charge in [-0.3, -0.25) is 4.79 Å². The lowest BCUT2D eigenvalue weighted by molar-refractivity contribution is -0.118. The fourth-order valence-corrected chi connectivity index (χ4v) is 2.64. The van der Waals surface area contributed by atoms with Crippen LogP contribution in [0.5, 0.6) is 23.0 Å². The fraction of sp³-hybridized carbons (Fsp3) is 0.136. The summed E-state index contributed by atoms with van der Waals surface area (Å²) in [6.45, 7) is 2.37. The molecular formula is C22H20ClNO4. The van der Waals surface area contributed by atoms with Gasteiger partial charge in [-0.1, -0.05) is 35.9 Å². The number of amides is 1. The highest BCUT2D eigenvalue weighted by Crippen LogP contribution is 2.30. The van der Waals surface area contributed by atoms with Gasteiger partial charge in [0.25, 0.3) is 5.91 Å². The molecule has 1 N–H and O–H groups in total. The molecule has 0 saturated heterocycles. The van der Waals surface area contributed by atoms with Gasteiger partial charge in [0.15, 0.2) is 12.4 Å². The molecule has 0 radical (unpaired) electrons. The van der Waals surface area contributed by atoms with Crippen molar-refractivity contribution in [2.45, 2.75) is 6.92 Å². The molecule has 3 aromatic rings. The summed E-state index contributed by atoms with van der Waals surface area (Å²) in [5.74, 6) is 2.07. The van der Waals surface area contributed by atoms with Crippen molar-refractivity contribution in [3.63, 3.8) is 0 Å². The van der Waals surface area contributed by atoms with Crippen LogP contribution in [0.25, 0.3) is 0 Å². The number of carbonyl (C=O) groups excluding carboxylic acids is 1. The maximum atomic E-state index is 12.3. The predicted octanol–water partition coefficient (Wildman–Crippen LogP) is 5.55. The summed E-state index contributed by atoms with van der Waals surface area (Å²) >= 11 is 6.03. The number of benzene rings is 3. The third kappa shape index (κ3) is 5.41. The van der Waals surface area contributed by atoms with Gasteiger partial charge in [0, 0.05) is 0 Å². The topological polar surface area (TPSA) is 56.8 Å². The Morgan fingerprint density at radius 1 is 0.857 bits per heavy atom. The van der Waals surface area contributed by atoms with Crippen molar-refractivity contribution in [1.29, 1.82) is 0 Å². The third-order valence-electron chi connectivity index (χ3n) is 3.72. The van der Waals surface area contributed by atoms with Gasteiger partial charge in [-0.2, -0.15) is 0 Å². The first-order valence-electron chi connectivity index (χ1n) is 8.82. The van der Waals surface area contributed by atoms with Gasteiger partial charge >= 0.3 is 0 Å². The van der Waals surface area contributed by atoms with Crippen molar-refractivity contribution in [2.24, 2.45) is 0 Å². The zero-order valence-corrected chi connectivity index (χ0v) is 16.1. The van der Waals surface area contributed by atoms with Crippen molar-refractivity contribution in [3.8, 4) is 23.0 Å². The molecule has 0 spiro atoms. The van der Waals surface area contributed by atoms with Crippen molar-refractivity contribution in [2.75, 3.05) is 18.5 Å². The van der Waals surface area contributed by atoms with Gasteiger partial charge in [-0.05, 0) is 55.5 Å². The van der Waals surface area contributed by atoms with Crippen LogP contribution in [0.4, 0.5) is 5.69 Å². The average Bonchev–Trinajstić information content (AvgIpc) is 2.70. The minimum absolute atomic E-state index is 0.166. The van der Waals surface area contributed by atoms with E-state index in [0.29, 0.717) is 34.6 Å². The van der Waals surface area contributed by atoms with E-state index in [1.807, 2.05) is 43.3 Å². The second-order valence-corrected chi connectivity index (χ2v) is 6.18. The Kier molecular flexibility index (Phi) is 6.76. The minimum Gasteiger partial charge on any atom is -0.494 e. The highest BCUT2D eigenvalue weighted by molar-refractivity contribution is 6.32. The Hall–Kier alpha value is -3.18. The number of carbonyl (C=O) groups is 1. The third-order valence-corrected chi connectivity index (χ3v) is 4.03. The van der Waals surface area contributed by atoms with Crippen LogP contribution in [0.15, 0.2) is 72.8 Å². The lowest BCUT2D eigenvalue weighted by Crippen LogP contribution is -2.20. The van der Waals surface area contributed by atoms with E-state index in [0.717, 1.165) is 5.75 Å². The maximum absolute atomic E-state index is 12.3. The highest BCUT2D eigenvalue weighted by Gasteiger charge is 2.10. The van der Waals surface area contributed by atoms with Crippen LogP contribution in [0.1, 0.15) is 6.92 Å². The van der Waals surface area contributed by atoms with Crippen LogP contribution in [0.3, 0.4) is 0 Å². The molecule has 0 unspecified atom stereocenters. The van der Waals surface area contributed by atoms with Crippen LogP contribution >= 0.6 is 11.6 Å². The number of hydrogen-bond donors (Lipinski definition) is 1. The van der Waals surface area contributed by atoms with E-state index in [1.54, 1.807) is 36.4 Å². The molecule has 0 saturated carbocycles. The van der Waals surface area contributed by atoms with E-state index in [2.05, 4.69) is 5.32 Å². The van der Waals surface area contributed by atoms with E-state index in [-0.39, 0.29) is 12.5 Å². The summed E-state index contributed by atoms with van der Waals surface area (Å²) in [4.78, 5) is 12.3. The number of ether oxygens (including phenoxy) is 3. The summed E-state index contributed by atoms with van der Waals surface area (Å²) in [6, 6.07) is 21.5. The van der Waals surface area contributed by atoms with Gasteiger partial charge < -0.3 is 19.5 Å². The van der Waals surface area contributed by atoms with Gasteiger partial charge in [-0.15, -0.1) is 0 Å². The molecule has 0 aliphatic carbocycles. The Morgan fingerprint density at radius 3 is 2.21 bits per heavy atom. The molecular weight excluding hydrogens is 378 g/mol. The normalized spacial score (nSPS) is 10.2. The number of para-hydroxylation sites is 3. The standard InChI is InChI=1S/C22H20ClNO4/c1-2-26-16-11-13-17(14-12-16)28-21-10-6-4-8-19(21)24-22(25)15-27-20-9-5-3-7-18(20)23/h3-14H,2,15H2,1H3,(H,24,25). The van der Waals surface area contributed by atoms with Crippen LogP contribution < -0.4 is 19.5 Å². The molecule has 0 bridgehead atoms. The van der Waals surface area contributed by atoms with Crippen molar-refractivity contribution < 1.29 is 19.0 Å². The Balaban J connectivity index is 1.63. The zero-order chi connectivity index (χ0) is 19.8. The summed E-state index contributed by atoms with van der Waals surface area (Å²) in [5.41, 5.74) is 0.546. The Bertz CT molecular complexity index is 928. The molecule has 0 fully saturated rings. The van der Waals surface area contributed by atoms with Crippen molar-refractivity contribution in [1.82, 2.24) is 0 Å². The number of rotatable bonds is 8. The summed E-state index contributed by atoms with van der Waals surface area (Å²) in [6.07, 6.45) is 0. The number of hydrogen-bond acceptors (Lipinski definition) is 4. The van der Waals surface area contributed by atoms with Crippen molar-refractivity contribution in [3.05, 3.63) is 77.8 Å². The molecule has 28 heavy (non-hydrogen) atoms. The zero-order valence-electron chi connectivity index (χ0n) is 15.4. The van der Waals surface area contributed by atoms with Crippen LogP contribution in [-0.4, -0.2) is 19.1 Å².